The summed E-state index contributed by atoms with van der Waals surface area (Å²) in [4.78, 5) is 11.2. The van der Waals surface area contributed by atoms with Gasteiger partial charge in [0, 0.05) is 0 Å². The van der Waals surface area contributed by atoms with Crippen molar-refractivity contribution in [2.75, 3.05) is 0 Å². The first-order valence-electron chi connectivity index (χ1n) is 5.52. The third-order valence-electron chi connectivity index (χ3n) is 2.99. The monoisotopic (exact) mass is 246 g/mol. The number of benzene rings is 1. The van der Waals surface area contributed by atoms with Gasteiger partial charge >= 0.3 is 5.97 Å². The Morgan fingerprint density at radius 3 is 2.33 bits per heavy atom. The predicted molar refractivity (Wildman–Crippen MR) is 64.6 cm³/mol. The Labute approximate surface area is 104 Å². The summed E-state index contributed by atoms with van der Waals surface area (Å²) in [5.74, 6) is -0.172. The Balaban J connectivity index is 2.37. The zero-order valence-corrected chi connectivity index (χ0v) is 10.5. The number of hydrogen-bond donors (Lipinski definition) is 1. The van der Waals surface area contributed by atoms with Gasteiger partial charge in [0.25, 0.3) is 0 Å². The molecule has 1 heterocycles. The first-order valence-corrected chi connectivity index (χ1v) is 5.52. The largest absolute Gasteiger partial charge is 0.481 e. The van der Waals surface area contributed by atoms with E-state index in [2.05, 4.69) is 15.5 Å². The molecule has 1 aromatic heterocycles. The first-order chi connectivity index (χ1) is 8.43. The van der Waals surface area contributed by atoms with E-state index < -0.39 is 11.4 Å². The van der Waals surface area contributed by atoms with Gasteiger partial charge in [-0.05, 0) is 48.9 Å². The van der Waals surface area contributed by atoms with Crippen LogP contribution in [0.1, 0.15) is 25.2 Å². The van der Waals surface area contributed by atoms with Crippen LogP contribution in [0.15, 0.2) is 24.3 Å². The fraction of sp³-hybridized carbons (Fsp3) is 0.333. The van der Waals surface area contributed by atoms with Crippen LogP contribution in [-0.2, 0) is 10.2 Å². The van der Waals surface area contributed by atoms with Crippen LogP contribution in [0.3, 0.4) is 0 Å². The molecule has 0 radical (unpaired) electrons. The van der Waals surface area contributed by atoms with Crippen LogP contribution in [-0.4, -0.2) is 31.3 Å². The molecule has 0 saturated carbocycles. The molecule has 94 valence electrons. The topological polar surface area (TPSA) is 80.9 Å². The minimum absolute atomic E-state index is 0.681. The zero-order chi connectivity index (χ0) is 13.3. The molecule has 0 atom stereocenters. The third-order valence-corrected chi connectivity index (χ3v) is 2.99. The highest BCUT2D eigenvalue weighted by molar-refractivity contribution is 5.80. The van der Waals surface area contributed by atoms with Crippen molar-refractivity contribution < 1.29 is 9.90 Å². The summed E-state index contributed by atoms with van der Waals surface area (Å²) >= 11 is 0. The minimum atomic E-state index is -0.909. The molecule has 18 heavy (non-hydrogen) atoms. The second-order valence-electron chi connectivity index (χ2n) is 4.61. The predicted octanol–water partition coefficient (Wildman–Crippen LogP) is 1.33. The molecule has 0 aliphatic carbocycles. The number of hydrogen-bond acceptors (Lipinski definition) is 4. The van der Waals surface area contributed by atoms with Crippen molar-refractivity contribution in [2.24, 2.45) is 0 Å². The van der Waals surface area contributed by atoms with Gasteiger partial charge < -0.3 is 5.11 Å². The molecular weight excluding hydrogens is 232 g/mol. The molecule has 2 rings (SSSR count). The minimum Gasteiger partial charge on any atom is -0.481 e. The standard InChI is InChI=1S/C12H14N4O2/c1-8-13-14-15-16(8)10-6-4-9(5-7-10)12(2,3)11(17)18/h4-7H,1-3H3,(H,17,18). The van der Waals surface area contributed by atoms with Crippen molar-refractivity contribution in [3.8, 4) is 5.69 Å². The van der Waals surface area contributed by atoms with Gasteiger partial charge in [-0.2, -0.15) is 4.68 Å². The van der Waals surface area contributed by atoms with Gasteiger partial charge in [0.2, 0.25) is 0 Å². The summed E-state index contributed by atoms with van der Waals surface area (Å²) in [5, 5.41) is 20.4. The Bertz CT molecular complexity index is 572. The average molecular weight is 246 g/mol. The van der Waals surface area contributed by atoms with Crippen LogP contribution in [0.5, 0.6) is 0 Å². The lowest BCUT2D eigenvalue weighted by Crippen LogP contribution is -2.28. The second-order valence-corrected chi connectivity index (χ2v) is 4.61. The lowest BCUT2D eigenvalue weighted by atomic mass is 9.85. The van der Waals surface area contributed by atoms with Gasteiger partial charge in [-0.3, -0.25) is 4.79 Å². The van der Waals surface area contributed by atoms with E-state index in [0.717, 1.165) is 11.3 Å². The Hall–Kier alpha value is -2.24. The Morgan fingerprint density at radius 1 is 1.28 bits per heavy atom. The van der Waals surface area contributed by atoms with E-state index in [-0.39, 0.29) is 0 Å². The summed E-state index contributed by atoms with van der Waals surface area (Å²) in [5.41, 5.74) is 0.640. The number of carbonyl (C=O) groups is 1. The highest BCUT2D eigenvalue weighted by atomic mass is 16.4. The molecule has 0 saturated heterocycles. The van der Waals surface area contributed by atoms with Crippen molar-refractivity contribution in [1.82, 2.24) is 20.2 Å². The van der Waals surface area contributed by atoms with Gasteiger partial charge in [0.05, 0.1) is 11.1 Å². The van der Waals surface area contributed by atoms with Crippen LogP contribution in [0.25, 0.3) is 5.69 Å². The molecule has 0 aliphatic heterocycles. The number of aliphatic carboxylic acids is 1. The van der Waals surface area contributed by atoms with Crippen LogP contribution in [0, 0.1) is 6.92 Å². The third kappa shape index (κ3) is 1.97. The molecule has 0 spiro atoms. The van der Waals surface area contributed by atoms with Gasteiger partial charge in [0.1, 0.15) is 0 Å². The van der Waals surface area contributed by atoms with Crippen molar-refractivity contribution >= 4 is 5.97 Å². The molecule has 0 unspecified atom stereocenters. The van der Waals surface area contributed by atoms with Crippen molar-refractivity contribution in [3.05, 3.63) is 35.7 Å². The fourth-order valence-electron chi connectivity index (χ4n) is 1.61. The summed E-state index contributed by atoms with van der Waals surface area (Å²) < 4.78 is 1.59. The molecule has 2 aromatic rings. The molecular formula is C12H14N4O2. The summed E-state index contributed by atoms with van der Waals surface area (Å²) in [6, 6.07) is 7.18. The molecule has 6 nitrogen and oxygen atoms in total. The lowest BCUT2D eigenvalue weighted by Gasteiger charge is -2.19. The van der Waals surface area contributed by atoms with E-state index in [4.69, 9.17) is 5.11 Å². The maximum absolute atomic E-state index is 11.2. The normalized spacial score (nSPS) is 11.5. The van der Waals surface area contributed by atoms with E-state index in [1.54, 1.807) is 37.6 Å². The number of aryl methyl sites for hydroxylation is 1. The average Bonchev–Trinajstić information content (AvgIpc) is 2.75. The van der Waals surface area contributed by atoms with Crippen molar-refractivity contribution in [1.29, 1.82) is 0 Å². The maximum atomic E-state index is 11.2. The number of carboxylic acids is 1. The molecule has 0 amide bonds. The van der Waals surface area contributed by atoms with E-state index in [1.165, 1.54) is 0 Å². The van der Waals surface area contributed by atoms with Crippen LogP contribution >= 0.6 is 0 Å². The highest BCUT2D eigenvalue weighted by Gasteiger charge is 2.29. The zero-order valence-electron chi connectivity index (χ0n) is 10.5. The van der Waals surface area contributed by atoms with E-state index >= 15 is 0 Å². The molecule has 1 N–H and O–H groups in total. The van der Waals surface area contributed by atoms with Crippen molar-refractivity contribution in [3.63, 3.8) is 0 Å². The number of carboxylic acid groups (broad SMARTS) is 1. The van der Waals surface area contributed by atoms with Crippen LogP contribution < -0.4 is 0 Å². The fourth-order valence-corrected chi connectivity index (χ4v) is 1.61. The Kier molecular flexibility index (Phi) is 2.86. The summed E-state index contributed by atoms with van der Waals surface area (Å²) in [7, 11) is 0. The molecule has 0 fully saturated rings. The summed E-state index contributed by atoms with van der Waals surface area (Å²) in [6.07, 6.45) is 0. The van der Waals surface area contributed by atoms with Gasteiger partial charge in [-0.15, -0.1) is 5.10 Å². The van der Waals surface area contributed by atoms with Crippen molar-refractivity contribution in [2.45, 2.75) is 26.2 Å². The highest BCUT2D eigenvalue weighted by Crippen LogP contribution is 2.24. The van der Waals surface area contributed by atoms with Gasteiger partial charge in [-0.25, -0.2) is 0 Å². The second kappa shape index (κ2) is 4.21. The van der Waals surface area contributed by atoms with Gasteiger partial charge in [-0.1, -0.05) is 12.1 Å². The Morgan fingerprint density at radius 2 is 1.89 bits per heavy atom. The van der Waals surface area contributed by atoms with Crippen LogP contribution in [0.2, 0.25) is 0 Å². The molecule has 1 aromatic carbocycles. The van der Waals surface area contributed by atoms with E-state index in [1.807, 2.05) is 12.1 Å². The molecule has 0 bridgehead atoms. The van der Waals surface area contributed by atoms with Crippen LogP contribution in [0.4, 0.5) is 0 Å². The molecule has 0 aliphatic rings. The smallest absolute Gasteiger partial charge is 0.313 e. The molecule has 6 heteroatoms. The number of aromatic nitrogens is 4. The lowest BCUT2D eigenvalue weighted by molar-refractivity contribution is -0.142. The number of tetrazole rings is 1. The number of rotatable bonds is 3. The SMILES string of the molecule is Cc1nnnn1-c1ccc(C(C)(C)C(=O)O)cc1. The number of nitrogens with zero attached hydrogens (tertiary/aromatic N) is 4. The quantitative estimate of drug-likeness (QED) is 0.883. The van der Waals surface area contributed by atoms with Gasteiger partial charge in [0.15, 0.2) is 5.82 Å². The van der Waals surface area contributed by atoms with E-state index in [0.29, 0.717) is 5.82 Å². The van der Waals surface area contributed by atoms with E-state index in [9.17, 15) is 4.79 Å². The summed E-state index contributed by atoms with van der Waals surface area (Å²) in [6.45, 7) is 5.15. The maximum Gasteiger partial charge on any atom is 0.313 e. The first kappa shape index (κ1) is 12.2.